The molecule has 1 aliphatic heterocycles. The number of ether oxygens (including phenoxy) is 1. The van der Waals surface area contributed by atoms with Crippen molar-refractivity contribution in [2.45, 2.75) is 12.5 Å². The highest BCUT2D eigenvalue weighted by molar-refractivity contribution is 7.80. The summed E-state index contributed by atoms with van der Waals surface area (Å²) in [7, 11) is 1.82. The van der Waals surface area contributed by atoms with E-state index in [1.54, 1.807) is 0 Å². The minimum atomic E-state index is -0.172. The SMILES string of the molecule is CN(CC(N)=S)C1CCOC1=O. The first-order valence-electron chi connectivity index (χ1n) is 3.76. The lowest BCUT2D eigenvalue weighted by molar-refractivity contribution is -0.141. The highest BCUT2D eigenvalue weighted by Crippen LogP contribution is 2.11. The maximum absolute atomic E-state index is 11.0. The van der Waals surface area contributed by atoms with Crippen molar-refractivity contribution < 1.29 is 9.53 Å². The Balaban J connectivity index is 2.45. The minimum Gasteiger partial charge on any atom is -0.464 e. The molecule has 0 aromatic heterocycles. The summed E-state index contributed by atoms with van der Waals surface area (Å²) in [5.41, 5.74) is 5.34. The van der Waals surface area contributed by atoms with Gasteiger partial charge in [0.05, 0.1) is 11.6 Å². The highest BCUT2D eigenvalue weighted by atomic mass is 32.1. The van der Waals surface area contributed by atoms with E-state index in [2.05, 4.69) is 0 Å². The lowest BCUT2D eigenvalue weighted by atomic mass is 10.2. The van der Waals surface area contributed by atoms with Gasteiger partial charge in [0.25, 0.3) is 0 Å². The summed E-state index contributed by atoms with van der Waals surface area (Å²) in [5.74, 6) is -0.172. The van der Waals surface area contributed by atoms with Crippen molar-refractivity contribution in [1.82, 2.24) is 4.90 Å². The fourth-order valence-corrected chi connectivity index (χ4v) is 1.45. The average molecular weight is 188 g/mol. The van der Waals surface area contributed by atoms with Crippen molar-refractivity contribution >= 4 is 23.2 Å². The molecule has 0 aromatic rings. The largest absolute Gasteiger partial charge is 0.464 e. The second-order valence-electron chi connectivity index (χ2n) is 2.85. The predicted molar refractivity (Wildman–Crippen MR) is 48.8 cm³/mol. The van der Waals surface area contributed by atoms with Gasteiger partial charge in [-0.2, -0.15) is 0 Å². The number of carbonyl (C=O) groups is 1. The number of nitrogens with two attached hydrogens (primary N) is 1. The fourth-order valence-electron chi connectivity index (χ4n) is 1.24. The molecule has 1 heterocycles. The monoisotopic (exact) mass is 188 g/mol. The zero-order chi connectivity index (χ0) is 9.14. The minimum absolute atomic E-state index is 0.161. The van der Waals surface area contributed by atoms with E-state index in [1.807, 2.05) is 11.9 Å². The lowest BCUT2D eigenvalue weighted by Crippen LogP contribution is -2.40. The standard InChI is InChI=1S/C7H12N2O2S/c1-9(4-6(8)12)5-2-3-11-7(5)10/h5H,2-4H2,1H3,(H2,8,12). The van der Waals surface area contributed by atoms with Gasteiger partial charge in [-0.05, 0) is 7.05 Å². The summed E-state index contributed by atoms with van der Waals surface area (Å²) in [6.45, 7) is 0.972. The van der Waals surface area contributed by atoms with E-state index >= 15 is 0 Å². The van der Waals surface area contributed by atoms with E-state index in [4.69, 9.17) is 22.7 Å². The molecule has 0 bridgehead atoms. The Labute approximate surface area is 76.7 Å². The quantitative estimate of drug-likeness (QED) is 0.479. The van der Waals surface area contributed by atoms with Crippen LogP contribution in [0.15, 0.2) is 0 Å². The van der Waals surface area contributed by atoms with E-state index in [1.165, 1.54) is 0 Å². The third kappa shape index (κ3) is 2.15. The molecule has 12 heavy (non-hydrogen) atoms. The smallest absolute Gasteiger partial charge is 0.323 e. The van der Waals surface area contributed by atoms with Gasteiger partial charge in [0.1, 0.15) is 6.04 Å². The van der Waals surface area contributed by atoms with Crippen LogP contribution >= 0.6 is 12.2 Å². The van der Waals surface area contributed by atoms with Crippen LogP contribution in [-0.4, -0.2) is 42.1 Å². The third-order valence-electron chi connectivity index (χ3n) is 1.84. The average Bonchev–Trinajstić information content (AvgIpc) is 2.33. The Morgan fingerprint density at radius 3 is 3.00 bits per heavy atom. The molecule has 0 aromatic carbocycles. The molecule has 0 saturated carbocycles. The van der Waals surface area contributed by atoms with Crippen LogP contribution in [0.25, 0.3) is 0 Å². The first kappa shape index (κ1) is 9.41. The normalized spacial score (nSPS) is 22.8. The molecule has 1 unspecified atom stereocenters. The Morgan fingerprint density at radius 1 is 1.92 bits per heavy atom. The number of hydrogen-bond donors (Lipinski definition) is 1. The van der Waals surface area contributed by atoms with E-state index in [0.717, 1.165) is 6.42 Å². The van der Waals surface area contributed by atoms with E-state index in [9.17, 15) is 4.79 Å². The number of rotatable bonds is 3. The molecule has 1 aliphatic rings. The van der Waals surface area contributed by atoms with E-state index in [-0.39, 0.29) is 12.0 Å². The molecule has 68 valence electrons. The first-order valence-corrected chi connectivity index (χ1v) is 4.17. The number of esters is 1. The van der Waals surface area contributed by atoms with Crippen LogP contribution in [-0.2, 0) is 9.53 Å². The summed E-state index contributed by atoms with van der Waals surface area (Å²) in [4.78, 5) is 13.3. The van der Waals surface area contributed by atoms with Crippen LogP contribution in [0.2, 0.25) is 0 Å². The van der Waals surface area contributed by atoms with E-state index < -0.39 is 0 Å². The Hall–Kier alpha value is -0.680. The van der Waals surface area contributed by atoms with Crippen LogP contribution in [0.1, 0.15) is 6.42 Å². The van der Waals surface area contributed by atoms with Gasteiger partial charge in [0, 0.05) is 13.0 Å². The molecule has 0 radical (unpaired) electrons. The molecule has 0 spiro atoms. The van der Waals surface area contributed by atoms with Gasteiger partial charge in [-0.1, -0.05) is 12.2 Å². The number of nitrogens with zero attached hydrogens (tertiary/aromatic N) is 1. The van der Waals surface area contributed by atoms with Crippen molar-refractivity contribution in [2.24, 2.45) is 5.73 Å². The van der Waals surface area contributed by atoms with Gasteiger partial charge in [0.2, 0.25) is 0 Å². The van der Waals surface area contributed by atoms with Gasteiger partial charge in [-0.15, -0.1) is 0 Å². The molecule has 1 saturated heterocycles. The van der Waals surface area contributed by atoms with Crippen molar-refractivity contribution in [2.75, 3.05) is 20.2 Å². The molecule has 0 amide bonds. The highest BCUT2D eigenvalue weighted by Gasteiger charge is 2.29. The summed E-state index contributed by atoms with van der Waals surface area (Å²) < 4.78 is 4.80. The van der Waals surface area contributed by atoms with Crippen LogP contribution in [0, 0.1) is 0 Å². The van der Waals surface area contributed by atoms with E-state index in [0.29, 0.717) is 18.1 Å². The molecular weight excluding hydrogens is 176 g/mol. The van der Waals surface area contributed by atoms with Crippen LogP contribution < -0.4 is 5.73 Å². The zero-order valence-electron chi connectivity index (χ0n) is 6.95. The fraction of sp³-hybridized carbons (Fsp3) is 0.714. The molecule has 0 aliphatic carbocycles. The van der Waals surface area contributed by atoms with Gasteiger partial charge in [0.15, 0.2) is 0 Å². The zero-order valence-corrected chi connectivity index (χ0v) is 7.76. The van der Waals surface area contributed by atoms with Crippen molar-refractivity contribution in [3.05, 3.63) is 0 Å². The Bertz CT molecular complexity index is 208. The van der Waals surface area contributed by atoms with Crippen LogP contribution in [0.3, 0.4) is 0 Å². The van der Waals surface area contributed by atoms with Crippen molar-refractivity contribution in [3.63, 3.8) is 0 Å². The number of cyclic esters (lactones) is 1. The maximum atomic E-state index is 11.0. The number of carbonyl (C=O) groups excluding carboxylic acids is 1. The molecular formula is C7H12N2O2S. The summed E-state index contributed by atoms with van der Waals surface area (Å²) in [6, 6.07) is -0.161. The first-order chi connectivity index (χ1) is 5.61. The molecule has 2 N–H and O–H groups in total. The third-order valence-corrected chi connectivity index (χ3v) is 1.97. The molecule has 1 fully saturated rings. The van der Waals surface area contributed by atoms with Gasteiger partial charge < -0.3 is 10.5 Å². The topological polar surface area (TPSA) is 55.6 Å². The number of likely N-dealkylation sites (N-methyl/N-ethyl adjacent to an activating group) is 1. The Morgan fingerprint density at radius 2 is 2.58 bits per heavy atom. The molecule has 1 atom stereocenters. The maximum Gasteiger partial charge on any atom is 0.323 e. The lowest BCUT2D eigenvalue weighted by Gasteiger charge is -2.19. The molecule has 4 nitrogen and oxygen atoms in total. The van der Waals surface area contributed by atoms with Crippen LogP contribution in [0.5, 0.6) is 0 Å². The van der Waals surface area contributed by atoms with Crippen molar-refractivity contribution in [3.8, 4) is 0 Å². The summed E-state index contributed by atoms with van der Waals surface area (Å²) in [5, 5.41) is 0. The predicted octanol–water partition coefficient (Wildman–Crippen LogP) is -0.480. The van der Waals surface area contributed by atoms with Gasteiger partial charge in [-0.25, -0.2) is 0 Å². The van der Waals surface area contributed by atoms with Crippen LogP contribution in [0.4, 0.5) is 0 Å². The van der Waals surface area contributed by atoms with Gasteiger partial charge >= 0.3 is 5.97 Å². The summed E-state index contributed by atoms with van der Waals surface area (Å²) in [6.07, 6.45) is 0.734. The van der Waals surface area contributed by atoms with Gasteiger partial charge in [-0.3, -0.25) is 9.69 Å². The Kier molecular flexibility index (Phi) is 2.99. The molecule has 5 heteroatoms. The second-order valence-corrected chi connectivity index (χ2v) is 3.38. The van der Waals surface area contributed by atoms with Crippen molar-refractivity contribution in [1.29, 1.82) is 0 Å². The molecule has 1 rings (SSSR count). The number of hydrogen-bond acceptors (Lipinski definition) is 4. The number of thiocarbonyl (C=S) groups is 1. The second kappa shape index (κ2) is 3.82. The summed E-state index contributed by atoms with van der Waals surface area (Å²) >= 11 is 4.73.